The van der Waals surface area contributed by atoms with Crippen molar-refractivity contribution in [1.82, 2.24) is 5.32 Å². The number of rotatable bonds is 6. The summed E-state index contributed by atoms with van der Waals surface area (Å²) in [7, 11) is 0. The van der Waals surface area contributed by atoms with E-state index in [1.165, 1.54) is 30.4 Å². The molecule has 88 valence electrons. The van der Waals surface area contributed by atoms with Crippen LogP contribution in [0.25, 0.3) is 0 Å². The minimum Gasteiger partial charge on any atom is -0.313 e. The van der Waals surface area contributed by atoms with Crippen molar-refractivity contribution in [2.75, 3.05) is 6.54 Å². The monoisotopic (exact) mass is 217 g/mol. The third kappa shape index (κ3) is 3.64. The zero-order valence-corrected chi connectivity index (χ0v) is 10.5. The lowest BCUT2D eigenvalue weighted by molar-refractivity contribution is 0.537. The van der Waals surface area contributed by atoms with Crippen molar-refractivity contribution in [3.63, 3.8) is 0 Å². The van der Waals surface area contributed by atoms with Crippen molar-refractivity contribution >= 4 is 0 Å². The molecule has 0 atom stereocenters. The molecule has 1 aliphatic carbocycles. The molecule has 16 heavy (non-hydrogen) atoms. The van der Waals surface area contributed by atoms with Gasteiger partial charge in [0, 0.05) is 6.54 Å². The SMILES string of the molecule is CC(C)CCNCc1ccc(C2CC2)cc1. The minimum absolute atomic E-state index is 0.796. The van der Waals surface area contributed by atoms with Crippen LogP contribution in [0.4, 0.5) is 0 Å². The minimum atomic E-state index is 0.796. The van der Waals surface area contributed by atoms with Gasteiger partial charge in [0.25, 0.3) is 0 Å². The number of benzene rings is 1. The summed E-state index contributed by atoms with van der Waals surface area (Å²) in [6.07, 6.45) is 4.05. The first-order chi connectivity index (χ1) is 7.75. The molecule has 1 saturated carbocycles. The van der Waals surface area contributed by atoms with Crippen molar-refractivity contribution in [2.45, 2.75) is 45.6 Å². The molecule has 1 aliphatic rings. The van der Waals surface area contributed by atoms with Crippen molar-refractivity contribution in [2.24, 2.45) is 5.92 Å². The van der Waals surface area contributed by atoms with Crippen molar-refractivity contribution in [3.8, 4) is 0 Å². The summed E-state index contributed by atoms with van der Waals surface area (Å²) in [6, 6.07) is 9.15. The van der Waals surface area contributed by atoms with Gasteiger partial charge >= 0.3 is 0 Å². The summed E-state index contributed by atoms with van der Waals surface area (Å²) in [5.74, 6) is 1.67. The Labute approximate surface area is 99.3 Å². The highest BCUT2D eigenvalue weighted by Crippen LogP contribution is 2.39. The number of hydrogen-bond donors (Lipinski definition) is 1. The van der Waals surface area contributed by atoms with E-state index >= 15 is 0 Å². The van der Waals surface area contributed by atoms with Crippen LogP contribution in [-0.4, -0.2) is 6.54 Å². The third-order valence-corrected chi connectivity index (χ3v) is 3.26. The van der Waals surface area contributed by atoms with Gasteiger partial charge in [0.1, 0.15) is 0 Å². The average Bonchev–Trinajstić information content (AvgIpc) is 3.09. The van der Waals surface area contributed by atoms with Crippen LogP contribution in [0.15, 0.2) is 24.3 Å². The molecule has 0 amide bonds. The van der Waals surface area contributed by atoms with Crippen LogP contribution in [0.5, 0.6) is 0 Å². The Morgan fingerprint density at radius 1 is 1.19 bits per heavy atom. The van der Waals surface area contributed by atoms with Crippen LogP contribution in [0, 0.1) is 5.92 Å². The molecule has 0 aliphatic heterocycles. The predicted molar refractivity (Wildman–Crippen MR) is 69.6 cm³/mol. The summed E-state index contributed by atoms with van der Waals surface area (Å²) in [5.41, 5.74) is 2.94. The molecule has 1 aromatic carbocycles. The standard InChI is InChI=1S/C15H23N/c1-12(2)9-10-16-11-13-3-5-14(6-4-13)15-7-8-15/h3-6,12,15-16H,7-11H2,1-2H3. The molecule has 1 aromatic rings. The molecular weight excluding hydrogens is 194 g/mol. The van der Waals surface area contributed by atoms with Gasteiger partial charge in [-0.3, -0.25) is 0 Å². The topological polar surface area (TPSA) is 12.0 Å². The van der Waals surface area contributed by atoms with E-state index in [0.29, 0.717) is 0 Å². The summed E-state index contributed by atoms with van der Waals surface area (Å²) < 4.78 is 0. The number of hydrogen-bond acceptors (Lipinski definition) is 1. The molecule has 0 spiro atoms. The van der Waals surface area contributed by atoms with Gasteiger partial charge in [0.2, 0.25) is 0 Å². The van der Waals surface area contributed by atoms with Gasteiger partial charge < -0.3 is 5.32 Å². The molecule has 0 radical (unpaired) electrons. The molecule has 0 bridgehead atoms. The highest BCUT2D eigenvalue weighted by molar-refractivity contribution is 5.27. The van der Waals surface area contributed by atoms with Gasteiger partial charge in [-0.25, -0.2) is 0 Å². The Hall–Kier alpha value is -0.820. The van der Waals surface area contributed by atoms with E-state index in [-0.39, 0.29) is 0 Å². The predicted octanol–water partition coefficient (Wildman–Crippen LogP) is 3.70. The first-order valence-electron chi connectivity index (χ1n) is 6.55. The Kier molecular flexibility index (Phi) is 4.00. The second-order valence-corrected chi connectivity index (χ2v) is 5.38. The third-order valence-electron chi connectivity index (χ3n) is 3.26. The summed E-state index contributed by atoms with van der Waals surface area (Å²) >= 11 is 0. The van der Waals surface area contributed by atoms with E-state index in [0.717, 1.165) is 24.9 Å². The normalized spacial score (nSPS) is 15.7. The lowest BCUT2D eigenvalue weighted by Crippen LogP contribution is -2.16. The summed E-state index contributed by atoms with van der Waals surface area (Å²) in [6.45, 7) is 6.68. The van der Waals surface area contributed by atoms with E-state index in [1.54, 1.807) is 0 Å². The Morgan fingerprint density at radius 3 is 2.44 bits per heavy atom. The van der Waals surface area contributed by atoms with Gasteiger partial charge in [-0.05, 0) is 48.8 Å². The molecule has 0 saturated heterocycles. The van der Waals surface area contributed by atoms with Crippen LogP contribution in [0.1, 0.15) is 50.2 Å². The molecule has 1 fully saturated rings. The largest absolute Gasteiger partial charge is 0.313 e. The fourth-order valence-electron chi connectivity index (χ4n) is 1.95. The molecule has 0 aromatic heterocycles. The lowest BCUT2D eigenvalue weighted by Gasteiger charge is -2.07. The Bertz CT molecular complexity index is 309. The molecule has 0 heterocycles. The van der Waals surface area contributed by atoms with Crippen molar-refractivity contribution in [3.05, 3.63) is 35.4 Å². The highest BCUT2D eigenvalue weighted by atomic mass is 14.8. The number of nitrogens with one attached hydrogen (secondary N) is 1. The highest BCUT2D eigenvalue weighted by Gasteiger charge is 2.22. The quantitative estimate of drug-likeness (QED) is 0.716. The first kappa shape index (κ1) is 11.7. The van der Waals surface area contributed by atoms with Crippen LogP contribution < -0.4 is 5.32 Å². The second kappa shape index (κ2) is 5.49. The molecule has 1 nitrogen and oxygen atoms in total. The Balaban J connectivity index is 1.72. The molecule has 1 heteroatoms. The van der Waals surface area contributed by atoms with Crippen molar-refractivity contribution in [1.29, 1.82) is 0 Å². The Morgan fingerprint density at radius 2 is 1.88 bits per heavy atom. The van der Waals surface area contributed by atoms with Gasteiger partial charge in [-0.15, -0.1) is 0 Å². The molecular formula is C15H23N. The second-order valence-electron chi connectivity index (χ2n) is 5.38. The zero-order valence-electron chi connectivity index (χ0n) is 10.5. The van der Waals surface area contributed by atoms with E-state index in [4.69, 9.17) is 0 Å². The van der Waals surface area contributed by atoms with Crippen LogP contribution in [-0.2, 0) is 6.54 Å². The van der Waals surface area contributed by atoms with Crippen LogP contribution in [0.3, 0.4) is 0 Å². The fraction of sp³-hybridized carbons (Fsp3) is 0.600. The molecule has 0 unspecified atom stereocenters. The van der Waals surface area contributed by atoms with Gasteiger partial charge in [0.05, 0.1) is 0 Å². The summed E-state index contributed by atoms with van der Waals surface area (Å²) in [5, 5.41) is 3.50. The van der Waals surface area contributed by atoms with Gasteiger partial charge in [-0.2, -0.15) is 0 Å². The maximum Gasteiger partial charge on any atom is 0.0205 e. The smallest absolute Gasteiger partial charge is 0.0205 e. The fourth-order valence-corrected chi connectivity index (χ4v) is 1.95. The summed E-state index contributed by atoms with van der Waals surface area (Å²) in [4.78, 5) is 0. The zero-order chi connectivity index (χ0) is 11.4. The maximum atomic E-state index is 3.50. The van der Waals surface area contributed by atoms with Gasteiger partial charge in [-0.1, -0.05) is 38.1 Å². The van der Waals surface area contributed by atoms with Crippen molar-refractivity contribution < 1.29 is 0 Å². The van der Waals surface area contributed by atoms with E-state index < -0.39 is 0 Å². The van der Waals surface area contributed by atoms with Gasteiger partial charge in [0.15, 0.2) is 0 Å². The van der Waals surface area contributed by atoms with E-state index in [2.05, 4.69) is 43.4 Å². The van der Waals surface area contributed by atoms with Crippen LogP contribution in [0.2, 0.25) is 0 Å². The first-order valence-corrected chi connectivity index (χ1v) is 6.55. The lowest BCUT2D eigenvalue weighted by atomic mass is 10.1. The van der Waals surface area contributed by atoms with Crippen LogP contribution >= 0.6 is 0 Å². The maximum absolute atomic E-state index is 3.50. The van der Waals surface area contributed by atoms with E-state index in [1.807, 2.05) is 0 Å². The van der Waals surface area contributed by atoms with E-state index in [9.17, 15) is 0 Å². The molecule has 2 rings (SSSR count). The molecule has 1 N–H and O–H groups in total. The average molecular weight is 217 g/mol.